The van der Waals surface area contributed by atoms with Gasteiger partial charge in [0, 0.05) is 45.2 Å². The molecular formula is C11H16N6. The molecule has 1 aliphatic heterocycles. The summed E-state index contributed by atoms with van der Waals surface area (Å²) in [5.74, 6) is 1.02. The van der Waals surface area contributed by atoms with Crippen LogP contribution in [0.2, 0.25) is 0 Å². The Morgan fingerprint density at radius 2 is 2.35 bits per heavy atom. The van der Waals surface area contributed by atoms with Crippen LogP contribution < -0.4 is 5.32 Å². The van der Waals surface area contributed by atoms with E-state index in [2.05, 4.69) is 25.1 Å². The summed E-state index contributed by atoms with van der Waals surface area (Å²) in [6, 6.07) is 0. The van der Waals surface area contributed by atoms with E-state index >= 15 is 0 Å². The average molecular weight is 232 g/mol. The molecular weight excluding hydrogens is 216 g/mol. The quantitative estimate of drug-likeness (QED) is 0.803. The Balaban J connectivity index is 1.73. The van der Waals surface area contributed by atoms with Gasteiger partial charge in [0.25, 0.3) is 0 Å². The summed E-state index contributed by atoms with van der Waals surface area (Å²) in [5, 5.41) is 11.3. The molecule has 2 aromatic heterocycles. The first kappa shape index (κ1) is 10.5. The molecule has 0 aromatic carbocycles. The van der Waals surface area contributed by atoms with E-state index in [9.17, 15) is 0 Å². The van der Waals surface area contributed by atoms with Gasteiger partial charge in [0.15, 0.2) is 0 Å². The van der Waals surface area contributed by atoms with Crippen molar-refractivity contribution >= 4 is 0 Å². The fraction of sp³-hybridized carbons (Fsp3) is 0.545. The normalized spacial score (nSPS) is 14.9. The number of nitrogens with zero attached hydrogens (tertiary/aromatic N) is 5. The van der Waals surface area contributed by atoms with E-state index in [1.54, 1.807) is 6.33 Å². The summed E-state index contributed by atoms with van der Waals surface area (Å²) in [6.45, 7) is 2.86. The maximum absolute atomic E-state index is 4.44. The molecule has 6 heteroatoms. The van der Waals surface area contributed by atoms with E-state index in [0.29, 0.717) is 0 Å². The lowest BCUT2D eigenvalue weighted by Gasteiger charge is -2.14. The van der Waals surface area contributed by atoms with Crippen molar-refractivity contribution in [2.45, 2.75) is 25.9 Å². The molecule has 0 saturated carbocycles. The maximum atomic E-state index is 4.44. The summed E-state index contributed by atoms with van der Waals surface area (Å²) in [7, 11) is 1.97. The van der Waals surface area contributed by atoms with Gasteiger partial charge in [-0.2, -0.15) is 0 Å². The predicted molar refractivity (Wildman–Crippen MR) is 62.3 cm³/mol. The molecule has 3 heterocycles. The van der Waals surface area contributed by atoms with Gasteiger partial charge in [0.2, 0.25) is 0 Å². The van der Waals surface area contributed by atoms with Crippen LogP contribution in [-0.2, 0) is 33.0 Å². The summed E-state index contributed by atoms with van der Waals surface area (Å²) in [6.07, 6.45) is 5.64. The van der Waals surface area contributed by atoms with Crippen molar-refractivity contribution in [3.63, 3.8) is 0 Å². The van der Waals surface area contributed by atoms with E-state index in [-0.39, 0.29) is 0 Å². The van der Waals surface area contributed by atoms with Crippen LogP contribution in [0.1, 0.15) is 17.2 Å². The molecule has 0 radical (unpaired) electrons. The molecule has 0 unspecified atom stereocenters. The number of aromatic nitrogens is 5. The highest BCUT2D eigenvalue weighted by Gasteiger charge is 2.14. The Morgan fingerprint density at radius 1 is 1.41 bits per heavy atom. The highest BCUT2D eigenvalue weighted by Crippen LogP contribution is 2.12. The molecule has 2 aromatic rings. The van der Waals surface area contributed by atoms with Crippen molar-refractivity contribution < 1.29 is 0 Å². The molecule has 0 bridgehead atoms. The van der Waals surface area contributed by atoms with Crippen LogP contribution in [0.5, 0.6) is 0 Å². The van der Waals surface area contributed by atoms with Gasteiger partial charge in [-0.05, 0) is 0 Å². The van der Waals surface area contributed by atoms with Gasteiger partial charge in [-0.15, -0.1) is 10.2 Å². The minimum absolute atomic E-state index is 0.895. The SMILES string of the molecule is Cn1cnnc1CCn1cnc2c1CCNC2. The van der Waals surface area contributed by atoms with E-state index in [1.807, 2.05) is 17.9 Å². The zero-order chi connectivity index (χ0) is 11.7. The fourth-order valence-electron chi connectivity index (χ4n) is 2.25. The van der Waals surface area contributed by atoms with Crippen molar-refractivity contribution in [3.05, 3.63) is 29.9 Å². The Kier molecular flexibility index (Phi) is 2.64. The van der Waals surface area contributed by atoms with Gasteiger partial charge in [0.05, 0.1) is 12.0 Å². The third-order valence-corrected chi connectivity index (χ3v) is 3.25. The Morgan fingerprint density at radius 3 is 3.18 bits per heavy atom. The number of hydrogen-bond acceptors (Lipinski definition) is 4. The first-order chi connectivity index (χ1) is 8.34. The monoisotopic (exact) mass is 232 g/mol. The molecule has 0 aliphatic carbocycles. The zero-order valence-electron chi connectivity index (χ0n) is 9.93. The molecule has 1 N–H and O–H groups in total. The molecule has 3 rings (SSSR count). The van der Waals surface area contributed by atoms with Crippen molar-refractivity contribution in [1.29, 1.82) is 0 Å². The van der Waals surface area contributed by atoms with E-state index < -0.39 is 0 Å². The standard InChI is InChI=1S/C11H16N6/c1-16-8-14-15-11(16)3-5-17-7-13-9-6-12-4-2-10(9)17/h7-8,12H,2-6H2,1H3. The minimum Gasteiger partial charge on any atom is -0.334 e. The molecule has 0 saturated heterocycles. The summed E-state index contributed by atoms with van der Waals surface area (Å²) < 4.78 is 4.20. The highest BCUT2D eigenvalue weighted by molar-refractivity contribution is 5.16. The van der Waals surface area contributed by atoms with Crippen LogP contribution in [0.25, 0.3) is 0 Å². The average Bonchev–Trinajstić information content (AvgIpc) is 2.93. The van der Waals surface area contributed by atoms with E-state index in [4.69, 9.17) is 0 Å². The summed E-state index contributed by atoms with van der Waals surface area (Å²) >= 11 is 0. The van der Waals surface area contributed by atoms with Gasteiger partial charge in [-0.25, -0.2) is 4.98 Å². The fourth-order valence-corrected chi connectivity index (χ4v) is 2.25. The molecule has 0 fully saturated rings. The van der Waals surface area contributed by atoms with Crippen LogP contribution in [-0.4, -0.2) is 30.9 Å². The van der Waals surface area contributed by atoms with Crippen molar-refractivity contribution in [3.8, 4) is 0 Å². The molecule has 0 amide bonds. The number of imidazole rings is 1. The van der Waals surface area contributed by atoms with E-state index in [1.165, 1.54) is 11.4 Å². The highest BCUT2D eigenvalue weighted by atomic mass is 15.2. The molecule has 6 nitrogen and oxygen atoms in total. The number of aryl methyl sites for hydroxylation is 3. The number of hydrogen-bond donors (Lipinski definition) is 1. The smallest absolute Gasteiger partial charge is 0.134 e. The van der Waals surface area contributed by atoms with Crippen LogP contribution in [0, 0.1) is 0 Å². The third-order valence-electron chi connectivity index (χ3n) is 3.25. The summed E-state index contributed by atoms with van der Waals surface area (Å²) in [5.41, 5.74) is 2.56. The van der Waals surface area contributed by atoms with Crippen molar-refractivity contribution in [2.24, 2.45) is 7.05 Å². The molecule has 17 heavy (non-hydrogen) atoms. The van der Waals surface area contributed by atoms with Gasteiger partial charge < -0.3 is 14.5 Å². The second kappa shape index (κ2) is 4.29. The van der Waals surface area contributed by atoms with Crippen molar-refractivity contribution in [2.75, 3.05) is 6.54 Å². The van der Waals surface area contributed by atoms with Crippen molar-refractivity contribution in [1.82, 2.24) is 29.6 Å². The molecule has 0 spiro atoms. The third kappa shape index (κ3) is 1.95. The molecule has 90 valence electrons. The van der Waals surface area contributed by atoms with Crippen LogP contribution in [0.15, 0.2) is 12.7 Å². The van der Waals surface area contributed by atoms with Gasteiger partial charge in [-0.1, -0.05) is 0 Å². The Hall–Kier alpha value is -1.69. The zero-order valence-corrected chi connectivity index (χ0v) is 9.93. The summed E-state index contributed by atoms with van der Waals surface area (Å²) in [4.78, 5) is 4.44. The lowest BCUT2D eigenvalue weighted by atomic mass is 10.2. The van der Waals surface area contributed by atoms with E-state index in [0.717, 1.165) is 38.3 Å². The molecule has 1 aliphatic rings. The molecule has 0 atom stereocenters. The topological polar surface area (TPSA) is 60.6 Å². The number of rotatable bonds is 3. The van der Waals surface area contributed by atoms with Crippen LogP contribution in [0.4, 0.5) is 0 Å². The van der Waals surface area contributed by atoms with Crippen LogP contribution in [0.3, 0.4) is 0 Å². The van der Waals surface area contributed by atoms with Crippen LogP contribution >= 0.6 is 0 Å². The minimum atomic E-state index is 0.895. The first-order valence-corrected chi connectivity index (χ1v) is 5.91. The van der Waals surface area contributed by atoms with Gasteiger partial charge in [0.1, 0.15) is 12.2 Å². The number of fused-ring (bicyclic) bond motifs is 1. The Labute approximate surface area is 99.7 Å². The second-order valence-electron chi connectivity index (χ2n) is 4.37. The second-order valence-corrected chi connectivity index (χ2v) is 4.37. The first-order valence-electron chi connectivity index (χ1n) is 5.91. The lowest BCUT2D eigenvalue weighted by molar-refractivity contribution is 0.576. The predicted octanol–water partition coefficient (Wildman–Crippen LogP) is -0.100. The maximum Gasteiger partial charge on any atom is 0.134 e. The van der Waals surface area contributed by atoms with Gasteiger partial charge >= 0.3 is 0 Å². The number of nitrogens with one attached hydrogen (secondary N) is 1. The lowest BCUT2D eigenvalue weighted by Crippen LogP contribution is -2.25. The van der Waals surface area contributed by atoms with Gasteiger partial charge in [-0.3, -0.25) is 0 Å². The largest absolute Gasteiger partial charge is 0.334 e. The Bertz CT molecular complexity index is 512.